The van der Waals surface area contributed by atoms with Gasteiger partial charge in [-0.05, 0) is 50.2 Å². The van der Waals surface area contributed by atoms with Gasteiger partial charge in [-0.15, -0.1) is 6.58 Å². The van der Waals surface area contributed by atoms with Gasteiger partial charge in [0, 0.05) is 38.8 Å². The highest BCUT2D eigenvalue weighted by Gasteiger charge is 2.21. The molecule has 0 saturated carbocycles. The lowest BCUT2D eigenvalue weighted by atomic mass is 9.99. The first-order valence-corrected chi connectivity index (χ1v) is 10.1. The zero-order chi connectivity index (χ0) is 18.4. The molecule has 0 bridgehead atoms. The van der Waals surface area contributed by atoms with Gasteiger partial charge in [0.2, 0.25) is 5.95 Å². The summed E-state index contributed by atoms with van der Waals surface area (Å²) in [5.74, 6) is 3.37. The SMILES string of the molecule is C=CCNC(=S)Nc1nc(N2CCCCC2)cc(N2CCC(C)CC2)n1. The minimum Gasteiger partial charge on any atom is -0.359 e. The molecule has 2 N–H and O–H groups in total. The average Bonchev–Trinajstić information content (AvgIpc) is 2.67. The molecule has 0 unspecified atom stereocenters. The lowest BCUT2D eigenvalue weighted by molar-refractivity contribution is 0.436. The Labute approximate surface area is 162 Å². The van der Waals surface area contributed by atoms with Gasteiger partial charge in [0.15, 0.2) is 5.11 Å². The van der Waals surface area contributed by atoms with Gasteiger partial charge in [0.1, 0.15) is 11.6 Å². The molecule has 3 rings (SSSR count). The number of nitrogens with one attached hydrogen (secondary N) is 2. The number of hydrogen-bond donors (Lipinski definition) is 2. The van der Waals surface area contributed by atoms with E-state index in [1.807, 2.05) is 0 Å². The number of rotatable bonds is 5. The molecular formula is C19H30N6S. The van der Waals surface area contributed by atoms with E-state index in [1.165, 1.54) is 32.1 Å². The fourth-order valence-corrected chi connectivity index (χ4v) is 3.65. The van der Waals surface area contributed by atoms with Crippen LogP contribution in [0.3, 0.4) is 0 Å². The fourth-order valence-electron chi connectivity index (χ4n) is 3.47. The number of hydrogen-bond acceptors (Lipinski definition) is 5. The van der Waals surface area contributed by atoms with Crippen molar-refractivity contribution in [2.24, 2.45) is 5.92 Å². The first kappa shape index (κ1) is 18.9. The van der Waals surface area contributed by atoms with Crippen molar-refractivity contribution in [3.05, 3.63) is 18.7 Å². The number of anilines is 3. The van der Waals surface area contributed by atoms with Crippen molar-refractivity contribution >= 4 is 34.9 Å². The maximum atomic E-state index is 5.34. The Morgan fingerprint density at radius 3 is 2.38 bits per heavy atom. The summed E-state index contributed by atoms with van der Waals surface area (Å²) in [6.45, 7) is 10.9. The van der Waals surface area contributed by atoms with E-state index in [9.17, 15) is 0 Å². The van der Waals surface area contributed by atoms with Crippen LogP contribution in [-0.4, -0.2) is 47.8 Å². The Bertz CT molecular complexity index is 620. The van der Waals surface area contributed by atoms with Crippen LogP contribution in [0, 0.1) is 5.92 Å². The van der Waals surface area contributed by atoms with Crippen LogP contribution in [0.25, 0.3) is 0 Å². The number of piperidine rings is 2. The lowest BCUT2D eigenvalue weighted by Gasteiger charge is -2.33. The summed E-state index contributed by atoms with van der Waals surface area (Å²) in [6, 6.07) is 2.15. The van der Waals surface area contributed by atoms with E-state index in [2.05, 4.69) is 40.0 Å². The Morgan fingerprint density at radius 1 is 1.15 bits per heavy atom. The highest BCUT2D eigenvalue weighted by Crippen LogP contribution is 2.27. The molecule has 1 aromatic rings. The standard InChI is InChI=1S/C19H30N6S/c1-3-9-20-19(26)23-18-21-16(24-10-5-4-6-11-24)14-17(22-18)25-12-7-15(2)8-13-25/h3,14-15H,1,4-13H2,2H3,(H2,20,21,22,23,26). The molecule has 0 radical (unpaired) electrons. The molecule has 6 nitrogen and oxygen atoms in total. The highest BCUT2D eigenvalue weighted by atomic mass is 32.1. The van der Waals surface area contributed by atoms with Crippen LogP contribution in [0.4, 0.5) is 17.6 Å². The van der Waals surface area contributed by atoms with Gasteiger partial charge in [-0.1, -0.05) is 13.0 Å². The summed E-state index contributed by atoms with van der Waals surface area (Å²) in [4.78, 5) is 14.2. The van der Waals surface area contributed by atoms with Crippen molar-refractivity contribution in [1.82, 2.24) is 15.3 Å². The molecule has 0 spiro atoms. The number of aromatic nitrogens is 2. The smallest absolute Gasteiger partial charge is 0.232 e. The van der Waals surface area contributed by atoms with Crippen LogP contribution in [-0.2, 0) is 0 Å². The van der Waals surface area contributed by atoms with Crippen LogP contribution in [0.5, 0.6) is 0 Å². The van der Waals surface area contributed by atoms with Gasteiger partial charge in [0.05, 0.1) is 0 Å². The van der Waals surface area contributed by atoms with Gasteiger partial charge < -0.3 is 20.4 Å². The number of thiocarbonyl (C=S) groups is 1. The van der Waals surface area contributed by atoms with E-state index in [1.54, 1.807) is 6.08 Å². The monoisotopic (exact) mass is 374 g/mol. The second-order valence-electron chi connectivity index (χ2n) is 7.25. The minimum absolute atomic E-state index is 0.527. The summed E-state index contributed by atoms with van der Waals surface area (Å²) >= 11 is 5.34. The largest absolute Gasteiger partial charge is 0.359 e. The zero-order valence-corrected chi connectivity index (χ0v) is 16.5. The van der Waals surface area contributed by atoms with E-state index in [0.29, 0.717) is 17.6 Å². The molecule has 3 heterocycles. The summed E-state index contributed by atoms with van der Waals surface area (Å²) in [5, 5.41) is 6.75. The maximum Gasteiger partial charge on any atom is 0.232 e. The van der Waals surface area contributed by atoms with Crippen molar-refractivity contribution in [2.45, 2.75) is 39.0 Å². The highest BCUT2D eigenvalue weighted by molar-refractivity contribution is 7.80. The third-order valence-electron chi connectivity index (χ3n) is 5.12. The van der Waals surface area contributed by atoms with Crippen molar-refractivity contribution in [2.75, 3.05) is 47.8 Å². The lowest BCUT2D eigenvalue weighted by Crippen LogP contribution is -2.35. The summed E-state index contributed by atoms with van der Waals surface area (Å²) < 4.78 is 0. The first-order valence-electron chi connectivity index (χ1n) is 9.70. The summed E-state index contributed by atoms with van der Waals surface area (Å²) in [5.41, 5.74) is 0. The molecule has 1 aromatic heterocycles. The second-order valence-corrected chi connectivity index (χ2v) is 7.66. The molecule has 0 aliphatic carbocycles. The molecule has 7 heteroatoms. The van der Waals surface area contributed by atoms with E-state index >= 15 is 0 Å². The molecule has 0 amide bonds. The van der Waals surface area contributed by atoms with Crippen LogP contribution >= 0.6 is 12.2 Å². The van der Waals surface area contributed by atoms with Crippen LogP contribution < -0.4 is 20.4 Å². The van der Waals surface area contributed by atoms with Crippen LogP contribution in [0.2, 0.25) is 0 Å². The Kier molecular flexibility index (Phi) is 6.66. The predicted octanol–water partition coefficient (Wildman–Crippen LogP) is 3.18. The van der Waals surface area contributed by atoms with Gasteiger partial charge in [-0.3, -0.25) is 0 Å². The first-order chi connectivity index (χ1) is 12.7. The van der Waals surface area contributed by atoms with Gasteiger partial charge in [-0.2, -0.15) is 9.97 Å². The van der Waals surface area contributed by atoms with E-state index in [4.69, 9.17) is 22.2 Å². The molecule has 26 heavy (non-hydrogen) atoms. The summed E-state index contributed by atoms with van der Waals surface area (Å²) in [6.07, 6.45) is 7.96. The zero-order valence-electron chi connectivity index (χ0n) is 15.7. The molecular weight excluding hydrogens is 344 g/mol. The fraction of sp³-hybridized carbons (Fsp3) is 0.632. The van der Waals surface area contributed by atoms with Crippen molar-refractivity contribution in [3.63, 3.8) is 0 Å². The van der Waals surface area contributed by atoms with Gasteiger partial charge in [0.25, 0.3) is 0 Å². The second kappa shape index (κ2) is 9.16. The van der Waals surface area contributed by atoms with E-state index in [-0.39, 0.29) is 0 Å². The molecule has 2 saturated heterocycles. The third kappa shape index (κ3) is 5.06. The van der Waals surface area contributed by atoms with Crippen LogP contribution in [0.1, 0.15) is 39.0 Å². The Balaban J connectivity index is 1.81. The molecule has 2 aliphatic heterocycles. The predicted molar refractivity (Wildman–Crippen MR) is 113 cm³/mol. The average molecular weight is 375 g/mol. The molecule has 142 valence electrons. The quantitative estimate of drug-likeness (QED) is 0.606. The van der Waals surface area contributed by atoms with E-state index < -0.39 is 0 Å². The van der Waals surface area contributed by atoms with Crippen molar-refractivity contribution < 1.29 is 0 Å². The van der Waals surface area contributed by atoms with Crippen LogP contribution in [0.15, 0.2) is 18.7 Å². The van der Waals surface area contributed by atoms with Crippen molar-refractivity contribution in [3.8, 4) is 0 Å². The van der Waals surface area contributed by atoms with E-state index in [0.717, 1.165) is 43.7 Å². The van der Waals surface area contributed by atoms with Crippen molar-refractivity contribution in [1.29, 1.82) is 0 Å². The Hall–Kier alpha value is -1.89. The Morgan fingerprint density at radius 2 is 1.77 bits per heavy atom. The molecule has 0 atom stereocenters. The summed E-state index contributed by atoms with van der Waals surface area (Å²) in [7, 11) is 0. The van der Waals surface area contributed by atoms with Gasteiger partial charge in [-0.25, -0.2) is 0 Å². The molecule has 2 fully saturated rings. The normalized spacial score (nSPS) is 18.5. The third-order valence-corrected chi connectivity index (χ3v) is 5.37. The topological polar surface area (TPSA) is 56.3 Å². The van der Waals surface area contributed by atoms with Gasteiger partial charge >= 0.3 is 0 Å². The molecule has 2 aliphatic rings. The molecule has 0 aromatic carbocycles. The maximum absolute atomic E-state index is 5.34. The number of nitrogens with zero attached hydrogens (tertiary/aromatic N) is 4. The minimum atomic E-state index is 0.527.